The molecule has 0 saturated heterocycles. The second-order valence-electron chi connectivity index (χ2n) is 7.68. The summed E-state index contributed by atoms with van der Waals surface area (Å²) in [4.78, 5) is 15.3. The lowest BCUT2D eigenvalue weighted by atomic mass is 9.94. The fourth-order valence-electron chi connectivity index (χ4n) is 3.90. The van der Waals surface area contributed by atoms with E-state index in [2.05, 4.69) is 23.3 Å². The van der Waals surface area contributed by atoms with Gasteiger partial charge in [-0.2, -0.15) is 0 Å². The minimum Gasteiger partial charge on any atom is -0.481 e. The number of carbonyl (C=O) groups excluding carboxylic acids is 1. The van der Waals surface area contributed by atoms with Gasteiger partial charge in [0.2, 0.25) is 0 Å². The van der Waals surface area contributed by atoms with Crippen LogP contribution in [-0.4, -0.2) is 30.0 Å². The highest BCUT2D eigenvalue weighted by atomic mass is 16.5. The molecule has 2 aromatic carbocycles. The molecule has 28 heavy (non-hydrogen) atoms. The van der Waals surface area contributed by atoms with Gasteiger partial charge < -0.3 is 10.1 Å². The largest absolute Gasteiger partial charge is 0.481 e. The van der Waals surface area contributed by atoms with E-state index in [9.17, 15) is 4.79 Å². The lowest BCUT2D eigenvalue weighted by Crippen LogP contribution is -2.34. The number of para-hydroxylation sites is 2. The number of carbonyl (C=O) groups is 1. The van der Waals surface area contributed by atoms with Gasteiger partial charge in [-0.3, -0.25) is 9.69 Å². The lowest BCUT2D eigenvalue weighted by Gasteiger charge is -2.31. The highest BCUT2D eigenvalue weighted by molar-refractivity contribution is 5.95. The second-order valence-corrected chi connectivity index (χ2v) is 7.68. The fourth-order valence-corrected chi connectivity index (χ4v) is 3.90. The molecule has 0 radical (unpaired) electrons. The summed E-state index contributed by atoms with van der Waals surface area (Å²) in [5.74, 6) is 0.619. The van der Waals surface area contributed by atoms with Crippen molar-refractivity contribution in [3.63, 3.8) is 0 Å². The Bertz CT molecular complexity index is 741. The third kappa shape index (κ3) is 5.59. The summed E-state index contributed by atoms with van der Waals surface area (Å²) in [6.07, 6.45) is 6.65. The van der Waals surface area contributed by atoms with Gasteiger partial charge in [0, 0.05) is 18.3 Å². The zero-order chi connectivity index (χ0) is 19.8. The van der Waals surface area contributed by atoms with E-state index in [0.717, 1.165) is 23.5 Å². The van der Waals surface area contributed by atoms with E-state index in [-0.39, 0.29) is 5.91 Å². The summed E-state index contributed by atoms with van der Waals surface area (Å²) in [5.41, 5.74) is 2.03. The number of nitrogens with zero attached hydrogens (tertiary/aromatic N) is 1. The molecular weight excluding hydrogens is 348 g/mol. The first-order chi connectivity index (χ1) is 13.7. The highest BCUT2D eigenvalue weighted by Crippen LogP contribution is 2.25. The summed E-state index contributed by atoms with van der Waals surface area (Å²) in [5, 5.41) is 3.10. The number of benzene rings is 2. The van der Waals surface area contributed by atoms with E-state index in [1.165, 1.54) is 32.1 Å². The van der Waals surface area contributed by atoms with Crippen molar-refractivity contribution in [2.75, 3.05) is 12.4 Å². The molecule has 0 bridgehead atoms. The maximum atomic E-state index is 12.8. The van der Waals surface area contributed by atoms with Crippen LogP contribution in [0.25, 0.3) is 0 Å². The van der Waals surface area contributed by atoms with Crippen LogP contribution in [0.5, 0.6) is 5.75 Å². The molecule has 1 aliphatic rings. The predicted octanol–water partition coefficient (Wildman–Crippen LogP) is 5.25. The second kappa shape index (κ2) is 10.3. The van der Waals surface area contributed by atoms with Gasteiger partial charge in [-0.1, -0.05) is 62.6 Å². The van der Waals surface area contributed by atoms with Crippen molar-refractivity contribution >= 4 is 11.6 Å². The van der Waals surface area contributed by atoms with Crippen LogP contribution in [0.1, 0.15) is 51.0 Å². The van der Waals surface area contributed by atoms with Crippen LogP contribution in [0.2, 0.25) is 0 Å². The summed E-state index contributed by atoms with van der Waals surface area (Å²) in [6, 6.07) is 18.3. The quantitative estimate of drug-likeness (QED) is 0.680. The molecule has 0 aromatic heterocycles. The van der Waals surface area contributed by atoms with Crippen LogP contribution >= 0.6 is 0 Å². The molecule has 1 fully saturated rings. The van der Waals surface area contributed by atoms with E-state index in [1.807, 2.05) is 55.5 Å². The number of nitrogens with one attached hydrogen (secondary N) is 1. The Morgan fingerprint density at radius 3 is 2.46 bits per heavy atom. The molecule has 0 aliphatic heterocycles. The first-order valence-corrected chi connectivity index (χ1v) is 10.5. The van der Waals surface area contributed by atoms with E-state index in [4.69, 9.17) is 4.74 Å². The monoisotopic (exact) mass is 380 g/mol. The topological polar surface area (TPSA) is 41.6 Å². The first-order valence-electron chi connectivity index (χ1n) is 10.5. The average Bonchev–Trinajstić information content (AvgIpc) is 2.74. The van der Waals surface area contributed by atoms with Gasteiger partial charge in [0.1, 0.15) is 5.75 Å². The SMILES string of the molecule is CC[C@@H](Oc1ccccc1)C(=O)Nc1ccccc1CN(C)C1CCCCC1. The third-order valence-electron chi connectivity index (χ3n) is 5.58. The molecular formula is C24H32N2O2. The Kier molecular flexibility index (Phi) is 7.49. The Morgan fingerprint density at radius 1 is 1.07 bits per heavy atom. The lowest BCUT2D eigenvalue weighted by molar-refractivity contribution is -0.122. The predicted molar refractivity (Wildman–Crippen MR) is 115 cm³/mol. The number of hydrogen-bond donors (Lipinski definition) is 1. The van der Waals surface area contributed by atoms with E-state index >= 15 is 0 Å². The minimum absolute atomic E-state index is 0.0980. The highest BCUT2D eigenvalue weighted by Gasteiger charge is 2.21. The molecule has 0 unspecified atom stereocenters. The zero-order valence-corrected chi connectivity index (χ0v) is 17.1. The van der Waals surface area contributed by atoms with Crippen molar-refractivity contribution in [3.05, 3.63) is 60.2 Å². The molecule has 1 amide bonds. The van der Waals surface area contributed by atoms with Crippen molar-refractivity contribution in [2.24, 2.45) is 0 Å². The third-order valence-corrected chi connectivity index (χ3v) is 5.58. The number of rotatable bonds is 8. The smallest absolute Gasteiger partial charge is 0.265 e. The normalized spacial score (nSPS) is 16.0. The molecule has 1 saturated carbocycles. The molecule has 4 heteroatoms. The maximum absolute atomic E-state index is 12.8. The molecule has 3 rings (SSSR count). The molecule has 0 heterocycles. The van der Waals surface area contributed by atoms with Crippen molar-refractivity contribution in [1.82, 2.24) is 4.90 Å². The van der Waals surface area contributed by atoms with Crippen molar-refractivity contribution in [1.29, 1.82) is 0 Å². The fraction of sp³-hybridized carbons (Fsp3) is 0.458. The van der Waals surface area contributed by atoms with Gasteiger partial charge in [0.15, 0.2) is 6.10 Å². The standard InChI is InChI=1S/C24H32N2O2/c1-3-23(28-21-15-8-5-9-16-21)24(27)25-22-17-11-10-12-19(22)18-26(2)20-13-6-4-7-14-20/h5,8-12,15-17,20,23H,3-4,6-7,13-14,18H2,1-2H3,(H,25,27)/t23-/m1/s1. The number of hydrogen-bond acceptors (Lipinski definition) is 3. The van der Waals surface area contributed by atoms with Crippen LogP contribution < -0.4 is 10.1 Å². The van der Waals surface area contributed by atoms with Gasteiger partial charge in [-0.25, -0.2) is 0 Å². The van der Waals surface area contributed by atoms with Gasteiger partial charge in [-0.05, 0) is 50.1 Å². The van der Waals surface area contributed by atoms with Crippen molar-refractivity contribution in [3.8, 4) is 5.75 Å². The Labute approximate surface area is 168 Å². The Balaban J connectivity index is 1.65. The van der Waals surface area contributed by atoms with Crippen LogP contribution in [0.15, 0.2) is 54.6 Å². The molecule has 150 valence electrons. The van der Waals surface area contributed by atoms with Gasteiger partial charge in [0.25, 0.3) is 5.91 Å². The zero-order valence-electron chi connectivity index (χ0n) is 17.1. The van der Waals surface area contributed by atoms with Crippen molar-refractivity contribution in [2.45, 2.75) is 64.1 Å². The Morgan fingerprint density at radius 2 is 1.75 bits per heavy atom. The molecule has 1 atom stereocenters. The van der Waals surface area contributed by atoms with Crippen LogP contribution in [-0.2, 0) is 11.3 Å². The number of amides is 1. The maximum Gasteiger partial charge on any atom is 0.265 e. The number of anilines is 1. The summed E-state index contributed by atoms with van der Waals surface area (Å²) in [6.45, 7) is 2.81. The molecule has 2 aromatic rings. The van der Waals surface area contributed by atoms with E-state index in [0.29, 0.717) is 12.5 Å². The molecule has 1 N–H and O–H groups in total. The molecule has 4 nitrogen and oxygen atoms in total. The summed E-state index contributed by atoms with van der Waals surface area (Å²) < 4.78 is 5.89. The van der Waals surface area contributed by atoms with Gasteiger partial charge in [-0.15, -0.1) is 0 Å². The number of ether oxygens (including phenoxy) is 1. The summed E-state index contributed by atoms with van der Waals surface area (Å²) >= 11 is 0. The van der Waals surface area contributed by atoms with Gasteiger partial charge >= 0.3 is 0 Å². The minimum atomic E-state index is -0.508. The Hall–Kier alpha value is -2.33. The van der Waals surface area contributed by atoms with Gasteiger partial charge in [0.05, 0.1) is 0 Å². The van der Waals surface area contributed by atoms with Crippen LogP contribution in [0.3, 0.4) is 0 Å². The van der Waals surface area contributed by atoms with E-state index < -0.39 is 6.10 Å². The van der Waals surface area contributed by atoms with Crippen LogP contribution in [0.4, 0.5) is 5.69 Å². The van der Waals surface area contributed by atoms with Crippen LogP contribution in [0, 0.1) is 0 Å². The molecule has 0 spiro atoms. The average molecular weight is 381 g/mol. The summed E-state index contributed by atoms with van der Waals surface area (Å²) in [7, 11) is 2.20. The molecule has 1 aliphatic carbocycles. The van der Waals surface area contributed by atoms with Crippen molar-refractivity contribution < 1.29 is 9.53 Å². The first kappa shape index (κ1) is 20.4. The van der Waals surface area contributed by atoms with E-state index in [1.54, 1.807) is 0 Å².